The van der Waals surface area contributed by atoms with E-state index >= 15 is 0 Å². The number of oxazole rings is 1. The van der Waals surface area contributed by atoms with Gasteiger partial charge in [-0.15, -0.1) is 0 Å². The van der Waals surface area contributed by atoms with Crippen LogP contribution >= 0.6 is 27.7 Å². The summed E-state index contributed by atoms with van der Waals surface area (Å²) >= 11 is 4.96. The van der Waals surface area contributed by atoms with Crippen LogP contribution in [0.1, 0.15) is 30.0 Å². The summed E-state index contributed by atoms with van der Waals surface area (Å²) in [6.07, 6.45) is -0.466. The van der Waals surface area contributed by atoms with E-state index in [0.29, 0.717) is 5.22 Å². The molecule has 0 aliphatic carbocycles. The number of rotatable bonds is 3. The van der Waals surface area contributed by atoms with Crippen molar-refractivity contribution in [3.05, 3.63) is 39.7 Å². The highest BCUT2D eigenvalue weighted by molar-refractivity contribution is 9.10. The van der Waals surface area contributed by atoms with E-state index in [2.05, 4.69) is 20.9 Å². The lowest BCUT2D eigenvalue weighted by Crippen LogP contribution is -1.90. The van der Waals surface area contributed by atoms with Gasteiger partial charge in [-0.25, -0.2) is 4.98 Å². The van der Waals surface area contributed by atoms with E-state index in [1.165, 1.54) is 11.8 Å². The molecule has 0 aliphatic rings. The first kappa shape index (κ1) is 13.6. The van der Waals surface area contributed by atoms with Crippen LogP contribution in [0.2, 0.25) is 0 Å². The van der Waals surface area contributed by atoms with E-state index in [0.717, 1.165) is 26.4 Å². The minimum absolute atomic E-state index is 0.466. The summed E-state index contributed by atoms with van der Waals surface area (Å²) in [7, 11) is 0. The summed E-state index contributed by atoms with van der Waals surface area (Å²) in [4.78, 5) is 5.34. The van der Waals surface area contributed by atoms with Gasteiger partial charge in [-0.2, -0.15) is 0 Å². The highest BCUT2D eigenvalue weighted by Gasteiger charge is 2.11. The van der Waals surface area contributed by atoms with Gasteiger partial charge < -0.3 is 9.52 Å². The number of hydrogen-bond acceptors (Lipinski definition) is 4. The molecule has 1 aromatic heterocycles. The first-order chi connectivity index (χ1) is 8.47. The molecule has 0 aliphatic heterocycles. The summed E-state index contributed by atoms with van der Waals surface area (Å²) in [5, 5.41) is 10.1. The minimum Gasteiger partial charge on any atom is -0.436 e. The number of aliphatic hydroxyl groups is 1. The highest BCUT2D eigenvalue weighted by atomic mass is 79.9. The summed E-state index contributed by atoms with van der Waals surface area (Å²) < 4.78 is 6.46. The van der Waals surface area contributed by atoms with E-state index < -0.39 is 6.10 Å². The van der Waals surface area contributed by atoms with Crippen molar-refractivity contribution in [3.63, 3.8) is 0 Å². The van der Waals surface area contributed by atoms with Crippen molar-refractivity contribution in [1.29, 1.82) is 0 Å². The lowest BCUT2D eigenvalue weighted by atomic mass is 10.1. The van der Waals surface area contributed by atoms with Gasteiger partial charge >= 0.3 is 0 Å². The Bertz CT molecular complexity index is 547. The molecule has 0 bridgehead atoms. The normalized spacial score (nSPS) is 12.7. The molecule has 0 saturated heterocycles. The Morgan fingerprint density at radius 2 is 2.11 bits per heavy atom. The lowest BCUT2D eigenvalue weighted by molar-refractivity contribution is 0.199. The second kappa shape index (κ2) is 5.47. The third-order valence-corrected chi connectivity index (χ3v) is 4.49. The number of benzene rings is 1. The van der Waals surface area contributed by atoms with E-state index in [1.54, 1.807) is 6.92 Å². The van der Waals surface area contributed by atoms with Crippen LogP contribution in [0.25, 0.3) is 0 Å². The van der Waals surface area contributed by atoms with Gasteiger partial charge in [0.25, 0.3) is 5.22 Å². The van der Waals surface area contributed by atoms with Crippen molar-refractivity contribution in [2.24, 2.45) is 0 Å². The van der Waals surface area contributed by atoms with Crippen LogP contribution in [-0.4, -0.2) is 10.1 Å². The second-order valence-electron chi connectivity index (χ2n) is 4.09. The van der Waals surface area contributed by atoms with Crippen LogP contribution in [0.4, 0.5) is 0 Å². The Morgan fingerprint density at radius 1 is 1.39 bits per heavy atom. The average Bonchev–Trinajstić information content (AvgIpc) is 2.61. The van der Waals surface area contributed by atoms with Crippen LogP contribution in [-0.2, 0) is 0 Å². The zero-order chi connectivity index (χ0) is 13.3. The molecule has 1 aromatic carbocycles. The molecule has 1 atom stereocenters. The number of aromatic nitrogens is 1. The van der Waals surface area contributed by atoms with E-state index in [4.69, 9.17) is 4.42 Å². The van der Waals surface area contributed by atoms with Gasteiger partial charge in [0.05, 0.1) is 11.8 Å². The van der Waals surface area contributed by atoms with Crippen molar-refractivity contribution in [2.45, 2.75) is 37.0 Å². The second-order valence-corrected chi connectivity index (χ2v) is 5.94. The zero-order valence-electron chi connectivity index (χ0n) is 10.4. The van der Waals surface area contributed by atoms with Crippen LogP contribution in [0, 0.1) is 13.8 Å². The smallest absolute Gasteiger partial charge is 0.261 e. The van der Waals surface area contributed by atoms with Crippen LogP contribution in [0.3, 0.4) is 0 Å². The van der Waals surface area contributed by atoms with Gasteiger partial charge in [-0.05, 0) is 66.2 Å². The molecule has 0 spiro atoms. The summed E-state index contributed by atoms with van der Waals surface area (Å²) in [6, 6.07) is 5.77. The largest absolute Gasteiger partial charge is 0.436 e. The minimum atomic E-state index is -0.466. The van der Waals surface area contributed by atoms with Crippen molar-refractivity contribution in [3.8, 4) is 0 Å². The third kappa shape index (κ3) is 2.96. The maximum atomic E-state index is 9.51. The first-order valence-corrected chi connectivity index (χ1v) is 7.17. The molecular weight excluding hydrogens is 314 g/mol. The molecular formula is C13H14BrNO2S. The SMILES string of the molecule is Cc1nc(Sc2ccc([C@@H](C)O)cc2Br)oc1C. The molecule has 0 amide bonds. The van der Waals surface area contributed by atoms with Gasteiger partial charge in [0.1, 0.15) is 5.76 Å². The summed E-state index contributed by atoms with van der Waals surface area (Å²) in [6.45, 7) is 5.57. The molecule has 1 N–H and O–H groups in total. The van der Waals surface area contributed by atoms with Gasteiger partial charge in [0.15, 0.2) is 0 Å². The van der Waals surface area contributed by atoms with Crippen LogP contribution in [0.15, 0.2) is 37.2 Å². The maximum Gasteiger partial charge on any atom is 0.261 e. The number of hydrogen-bond donors (Lipinski definition) is 1. The number of aliphatic hydroxyl groups excluding tert-OH is 1. The predicted molar refractivity (Wildman–Crippen MR) is 74.9 cm³/mol. The fourth-order valence-corrected chi connectivity index (χ4v) is 2.91. The van der Waals surface area contributed by atoms with Gasteiger partial charge in [-0.1, -0.05) is 6.07 Å². The van der Waals surface area contributed by atoms with Gasteiger partial charge in [-0.3, -0.25) is 0 Å². The molecule has 1 heterocycles. The Morgan fingerprint density at radius 3 is 2.61 bits per heavy atom. The highest BCUT2D eigenvalue weighted by Crippen LogP contribution is 2.35. The molecule has 5 heteroatoms. The molecule has 18 heavy (non-hydrogen) atoms. The zero-order valence-corrected chi connectivity index (χ0v) is 12.8. The molecule has 0 saturated carbocycles. The monoisotopic (exact) mass is 327 g/mol. The van der Waals surface area contributed by atoms with Crippen molar-refractivity contribution in [1.82, 2.24) is 4.98 Å². The average molecular weight is 328 g/mol. The molecule has 0 radical (unpaired) electrons. The predicted octanol–water partition coefficient (Wildman–Crippen LogP) is 4.26. The molecule has 96 valence electrons. The van der Waals surface area contributed by atoms with Gasteiger partial charge in [0, 0.05) is 9.37 Å². The Hall–Kier alpha value is -0.780. The maximum absolute atomic E-state index is 9.51. The fraction of sp³-hybridized carbons (Fsp3) is 0.308. The standard InChI is InChI=1S/C13H14BrNO2S/c1-7-9(3)17-13(15-7)18-12-5-4-10(8(2)16)6-11(12)14/h4-6,8,16H,1-3H3/t8-/m1/s1. The quantitative estimate of drug-likeness (QED) is 0.914. The summed E-state index contributed by atoms with van der Waals surface area (Å²) in [5.41, 5.74) is 1.79. The molecule has 2 rings (SSSR count). The summed E-state index contributed by atoms with van der Waals surface area (Å²) in [5.74, 6) is 0.842. The first-order valence-electron chi connectivity index (χ1n) is 5.56. The Kier molecular flexibility index (Phi) is 4.14. The number of nitrogens with zero attached hydrogens (tertiary/aromatic N) is 1. The van der Waals surface area contributed by atoms with Crippen molar-refractivity contribution < 1.29 is 9.52 Å². The molecule has 3 nitrogen and oxygen atoms in total. The number of halogens is 1. The lowest BCUT2D eigenvalue weighted by Gasteiger charge is -2.07. The van der Waals surface area contributed by atoms with E-state index in [9.17, 15) is 5.11 Å². The Balaban J connectivity index is 2.24. The van der Waals surface area contributed by atoms with Gasteiger partial charge in [0.2, 0.25) is 0 Å². The molecule has 2 aromatic rings. The van der Waals surface area contributed by atoms with E-state index in [1.807, 2.05) is 32.0 Å². The number of aryl methyl sites for hydroxylation is 2. The Labute approximate surface area is 119 Å². The van der Waals surface area contributed by atoms with Crippen LogP contribution < -0.4 is 0 Å². The van der Waals surface area contributed by atoms with Crippen LogP contribution in [0.5, 0.6) is 0 Å². The van der Waals surface area contributed by atoms with E-state index in [-0.39, 0.29) is 0 Å². The fourth-order valence-electron chi connectivity index (χ4n) is 1.44. The van der Waals surface area contributed by atoms with Crippen molar-refractivity contribution in [2.75, 3.05) is 0 Å². The topological polar surface area (TPSA) is 46.3 Å². The van der Waals surface area contributed by atoms with Crippen molar-refractivity contribution >= 4 is 27.7 Å². The molecule has 0 unspecified atom stereocenters. The third-order valence-electron chi connectivity index (χ3n) is 2.64. The molecule has 0 fully saturated rings.